The van der Waals surface area contributed by atoms with E-state index in [4.69, 9.17) is 9.47 Å². The third-order valence-corrected chi connectivity index (χ3v) is 5.16. The average Bonchev–Trinajstić information content (AvgIpc) is 2.57. The molecule has 120 valence electrons. The number of allylic oxidation sites excluding steroid dienone is 2. The summed E-state index contributed by atoms with van der Waals surface area (Å²) in [5.41, 5.74) is 1.43. The molecule has 1 aromatic heterocycles. The van der Waals surface area contributed by atoms with Crippen molar-refractivity contribution in [3.05, 3.63) is 22.9 Å². The minimum Gasteiger partial charge on any atom is -0.481 e. The molecule has 23 heavy (non-hydrogen) atoms. The van der Waals surface area contributed by atoms with Gasteiger partial charge in [0.05, 0.1) is 25.5 Å². The lowest BCUT2D eigenvalue weighted by atomic mass is 9.58. The van der Waals surface area contributed by atoms with E-state index in [0.717, 1.165) is 24.1 Å². The summed E-state index contributed by atoms with van der Waals surface area (Å²) in [7, 11) is 3.08. The number of rotatable bonds is 2. The van der Waals surface area contributed by atoms with Crippen LogP contribution in [0.3, 0.4) is 0 Å². The van der Waals surface area contributed by atoms with Gasteiger partial charge in [-0.1, -0.05) is 19.9 Å². The highest BCUT2D eigenvalue weighted by Gasteiger charge is 2.49. The van der Waals surface area contributed by atoms with Gasteiger partial charge >= 0.3 is 6.01 Å². The molecule has 0 fully saturated rings. The molecule has 0 saturated heterocycles. The van der Waals surface area contributed by atoms with Crippen LogP contribution in [-0.4, -0.2) is 30.0 Å². The van der Waals surface area contributed by atoms with Crippen LogP contribution in [0.1, 0.15) is 31.5 Å². The van der Waals surface area contributed by atoms with Gasteiger partial charge in [-0.15, -0.1) is 0 Å². The number of carbonyl (C=O) groups is 1. The molecule has 3 rings (SSSR count). The molecule has 1 heterocycles. The van der Waals surface area contributed by atoms with Crippen molar-refractivity contribution in [1.29, 1.82) is 5.26 Å². The third kappa shape index (κ3) is 2.11. The van der Waals surface area contributed by atoms with Crippen molar-refractivity contribution >= 4 is 5.78 Å². The number of carbonyl (C=O) groups excluding carboxylic acids is 1. The Morgan fingerprint density at radius 3 is 2.70 bits per heavy atom. The Morgan fingerprint density at radius 1 is 1.35 bits per heavy atom. The van der Waals surface area contributed by atoms with Gasteiger partial charge in [-0.25, -0.2) is 0 Å². The molecule has 6 nitrogen and oxygen atoms in total. The number of ether oxygens (including phenoxy) is 2. The Hall–Kier alpha value is -2.42. The Morgan fingerprint density at radius 2 is 2.09 bits per heavy atom. The van der Waals surface area contributed by atoms with Crippen molar-refractivity contribution in [2.75, 3.05) is 14.2 Å². The van der Waals surface area contributed by atoms with E-state index >= 15 is 0 Å². The van der Waals surface area contributed by atoms with Crippen LogP contribution in [-0.2, 0) is 16.6 Å². The first-order valence-electron chi connectivity index (χ1n) is 7.62. The quantitative estimate of drug-likeness (QED) is 0.830. The van der Waals surface area contributed by atoms with E-state index in [0.29, 0.717) is 5.88 Å². The van der Waals surface area contributed by atoms with Crippen LogP contribution in [0.5, 0.6) is 11.9 Å². The molecule has 0 bridgehead atoms. The van der Waals surface area contributed by atoms with E-state index in [1.54, 1.807) is 13.2 Å². The molecule has 0 radical (unpaired) electrons. The lowest BCUT2D eigenvalue weighted by molar-refractivity contribution is -0.121. The normalized spacial score (nSPS) is 29.0. The highest BCUT2D eigenvalue weighted by Crippen LogP contribution is 2.50. The number of nitrogens with zero attached hydrogens (tertiary/aromatic N) is 3. The van der Waals surface area contributed by atoms with Gasteiger partial charge in [-0.3, -0.25) is 4.79 Å². The fourth-order valence-electron chi connectivity index (χ4n) is 3.98. The molecule has 0 amide bonds. The van der Waals surface area contributed by atoms with Gasteiger partial charge < -0.3 is 9.47 Å². The number of aromatic nitrogens is 2. The van der Waals surface area contributed by atoms with Crippen LogP contribution < -0.4 is 9.47 Å². The van der Waals surface area contributed by atoms with Crippen molar-refractivity contribution < 1.29 is 14.3 Å². The zero-order valence-electron chi connectivity index (χ0n) is 13.7. The Balaban J connectivity index is 2.27. The summed E-state index contributed by atoms with van der Waals surface area (Å²) in [6.07, 6.45) is 3.34. The van der Waals surface area contributed by atoms with Crippen LogP contribution in [0.25, 0.3) is 0 Å². The molecule has 2 aliphatic rings. The first-order valence-corrected chi connectivity index (χ1v) is 7.62. The van der Waals surface area contributed by atoms with Gasteiger partial charge in [0, 0.05) is 16.9 Å². The van der Waals surface area contributed by atoms with Crippen molar-refractivity contribution in [2.45, 2.75) is 32.1 Å². The van der Waals surface area contributed by atoms with Gasteiger partial charge in [-0.05, 0) is 18.8 Å². The molecule has 0 aromatic carbocycles. The number of fused-ring (bicyclic) bond motifs is 3. The molecular weight excluding hydrogens is 294 g/mol. The SMILES string of the molecule is COc1nc(OC)c2c(n1)[C@@]1(C)C=C(C#N)C(=O)C(C)[C@@H]1CC2. The second-order valence-corrected chi connectivity index (χ2v) is 6.30. The summed E-state index contributed by atoms with van der Waals surface area (Å²) in [6.45, 7) is 3.93. The summed E-state index contributed by atoms with van der Waals surface area (Å²) in [5.74, 6) is 0.318. The molecule has 2 aliphatic carbocycles. The molecule has 0 saturated carbocycles. The standard InChI is InChI=1S/C17H19N3O3/c1-9-12-6-5-11-14(19-16(23-4)20-15(11)22-3)17(12,2)7-10(8-18)13(9)21/h7,9,12H,5-6H2,1-4H3/t9?,12-,17-/m0/s1. The molecular formula is C17H19N3O3. The van der Waals surface area contributed by atoms with Crippen LogP contribution >= 0.6 is 0 Å². The van der Waals surface area contributed by atoms with E-state index in [2.05, 4.69) is 9.97 Å². The molecule has 1 aromatic rings. The van der Waals surface area contributed by atoms with Crippen LogP contribution in [0, 0.1) is 23.2 Å². The van der Waals surface area contributed by atoms with Crippen molar-refractivity contribution in [2.24, 2.45) is 11.8 Å². The molecule has 0 aliphatic heterocycles. The van der Waals surface area contributed by atoms with Crippen molar-refractivity contribution in [3.63, 3.8) is 0 Å². The van der Waals surface area contributed by atoms with Crippen molar-refractivity contribution in [3.8, 4) is 18.0 Å². The van der Waals surface area contributed by atoms with Gasteiger partial charge in [-0.2, -0.15) is 15.2 Å². The monoisotopic (exact) mass is 313 g/mol. The van der Waals surface area contributed by atoms with Gasteiger partial charge in [0.15, 0.2) is 5.78 Å². The van der Waals surface area contributed by atoms with Crippen LogP contribution in [0.15, 0.2) is 11.6 Å². The minimum absolute atomic E-state index is 0.0774. The van der Waals surface area contributed by atoms with E-state index in [1.807, 2.05) is 19.9 Å². The van der Waals surface area contributed by atoms with Gasteiger partial charge in [0.2, 0.25) is 5.88 Å². The highest BCUT2D eigenvalue weighted by molar-refractivity contribution is 6.02. The van der Waals surface area contributed by atoms with E-state index in [9.17, 15) is 10.1 Å². The lowest BCUT2D eigenvalue weighted by Crippen LogP contribution is -2.46. The van der Waals surface area contributed by atoms with E-state index < -0.39 is 5.41 Å². The second kappa shape index (κ2) is 5.34. The maximum atomic E-state index is 12.3. The third-order valence-electron chi connectivity index (χ3n) is 5.16. The smallest absolute Gasteiger partial charge is 0.319 e. The molecule has 3 atom stereocenters. The Labute approximate surface area is 135 Å². The number of ketones is 1. The summed E-state index contributed by atoms with van der Waals surface area (Å²) in [6, 6.07) is 2.27. The average molecular weight is 313 g/mol. The number of hydrogen-bond acceptors (Lipinski definition) is 6. The Kier molecular flexibility index (Phi) is 3.59. The first kappa shape index (κ1) is 15.5. The summed E-state index contributed by atoms with van der Waals surface area (Å²) in [5, 5.41) is 9.31. The summed E-state index contributed by atoms with van der Waals surface area (Å²) < 4.78 is 10.6. The van der Waals surface area contributed by atoms with Gasteiger partial charge in [0.1, 0.15) is 6.07 Å². The molecule has 0 spiro atoms. The summed E-state index contributed by atoms with van der Waals surface area (Å²) in [4.78, 5) is 21.1. The molecule has 1 unspecified atom stereocenters. The Bertz CT molecular complexity index is 750. The number of Topliss-reactive ketones (excluding diaryl/α,β-unsaturated/α-hetero) is 1. The lowest BCUT2D eigenvalue weighted by Gasteiger charge is -2.45. The second-order valence-electron chi connectivity index (χ2n) is 6.30. The predicted molar refractivity (Wildman–Crippen MR) is 82.2 cm³/mol. The number of methoxy groups -OCH3 is 2. The maximum absolute atomic E-state index is 12.3. The van der Waals surface area contributed by atoms with Crippen molar-refractivity contribution in [1.82, 2.24) is 9.97 Å². The zero-order chi connectivity index (χ0) is 16.8. The molecule has 6 heteroatoms. The predicted octanol–water partition coefficient (Wildman–Crippen LogP) is 1.98. The van der Waals surface area contributed by atoms with Crippen LogP contribution in [0.4, 0.5) is 0 Å². The number of nitriles is 1. The fourth-order valence-corrected chi connectivity index (χ4v) is 3.98. The van der Waals surface area contributed by atoms with Gasteiger partial charge in [0.25, 0.3) is 0 Å². The zero-order valence-corrected chi connectivity index (χ0v) is 13.7. The summed E-state index contributed by atoms with van der Waals surface area (Å²) >= 11 is 0. The topological polar surface area (TPSA) is 85.1 Å². The highest BCUT2D eigenvalue weighted by atomic mass is 16.5. The number of hydrogen-bond donors (Lipinski definition) is 0. The van der Waals surface area contributed by atoms with Crippen LogP contribution in [0.2, 0.25) is 0 Å². The first-order chi connectivity index (χ1) is 11.0. The largest absolute Gasteiger partial charge is 0.481 e. The van der Waals surface area contributed by atoms with E-state index in [1.165, 1.54) is 7.11 Å². The fraction of sp³-hybridized carbons (Fsp3) is 0.529. The van der Waals surface area contributed by atoms with E-state index in [-0.39, 0.29) is 29.2 Å². The minimum atomic E-state index is -0.504. The molecule has 0 N–H and O–H groups in total. The maximum Gasteiger partial charge on any atom is 0.319 e.